The first-order valence-corrected chi connectivity index (χ1v) is 10.7. The van der Waals surface area contributed by atoms with Gasteiger partial charge in [0.1, 0.15) is 19.0 Å². The monoisotopic (exact) mass is 438 g/mol. The van der Waals surface area contributed by atoms with E-state index in [2.05, 4.69) is 10.5 Å². The number of nitrogens with one attached hydrogen (secondary N) is 1. The summed E-state index contributed by atoms with van der Waals surface area (Å²) in [5, 5.41) is 6.15. The van der Waals surface area contributed by atoms with Gasteiger partial charge in [0.25, 0.3) is 5.91 Å². The summed E-state index contributed by atoms with van der Waals surface area (Å²) in [6.45, 7) is 0.601. The Labute approximate surface area is 191 Å². The van der Waals surface area contributed by atoms with E-state index in [0.717, 1.165) is 27.6 Å². The molecule has 33 heavy (non-hydrogen) atoms. The molecule has 1 heterocycles. The van der Waals surface area contributed by atoms with Crippen molar-refractivity contribution in [1.29, 1.82) is 0 Å². The van der Waals surface area contributed by atoms with Crippen molar-refractivity contribution in [1.82, 2.24) is 5.43 Å². The lowest BCUT2D eigenvalue weighted by atomic mass is 10.1. The Bertz CT molecular complexity index is 1300. The van der Waals surface area contributed by atoms with E-state index in [1.54, 1.807) is 6.21 Å². The molecule has 4 aromatic carbocycles. The first-order valence-electron chi connectivity index (χ1n) is 10.7. The van der Waals surface area contributed by atoms with Crippen LogP contribution in [0, 0.1) is 0 Å². The molecule has 5 rings (SSSR count). The normalized spacial score (nSPS) is 14.8. The molecule has 0 unspecified atom stereocenters. The van der Waals surface area contributed by atoms with E-state index < -0.39 is 6.10 Å². The van der Waals surface area contributed by atoms with Crippen LogP contribution >= 0.6 is 0 Å². The van der Waals surface area contributed by atoms with Crippen molar-refractivity contribution in [2.75, 3.05) is 6.61 Å². The molecular formula is C27H22N2O4. The molecule has 1 aliphatic rings. The summed E-state index contributed by atoms with van der Waals surface area (Å²) in [6, 6.07) is 29.2. The molecule has 1 atom stereocenters. The lowest BCUT2D eigenvalue weighted by Crippen LogP contribution is -2.42. The van der Waals surface area contributed by atoms with Gasteiger partial charge in [0, 0.05) is 0 Å². The number of hydrogen-bond acceptors (Lipinski definition) is 5. The fourth-order valence-electron chi connectivity index (χ4n) is 3.55. The van der Waals surface area contributed by atoms with Gasteiger partial charge >= 0.3 is 0 Å². The van der Waals surface area contributed by atoms with Gasteiger partial charge in [-0.1, -0.05) is 66.7 Å². The van der Waals surface area contributed by atoms with Gasteiger partial charge < -0.3 is 14.2 Å². The van der Waals surface area contributed by atoms with Crippen molar-refractivity contribution in [3.05, 3.63) is 102 Å². The summed E-state index contributed by atoms with van der Waals surface area (Å²) < 4.78 is 17.5. The highest BCUT2D eigenvalue weighted by atomic mass is 16.6. The molecule has 6 nitrogen and oxygen atoms in total. The van der Waals surface area contributed by atoms with Crippen LogP contribution in [-0.2, 0) is 11.4 Å². The molecule has 0 saturated carbocycles. The van der Waals surface area contributed by atoms with E-state index in [1.165, 1.54) is 0 Å². The van der Waals surface area contributed by atoms with Crippen LogP contribution in [0.25, 0.3) is 10.8 Å². The number of carbonyl (C=O) groups is 1. The van der Waals surface area contributed by atoms with Crippen molar-refractivity contribution in [3.63, 3.8) is 0 Å². The number of hydrazone groups is 1. The van der Waals surface area contributed by atoms with Crippen molar-refractivity contribution in [2.24, 2.45) is 5.10 Å². The number of benzene rings is 4. The summed E-state index contributed by atoms with van der Waals surface area (Å²) in [7, 11) is 0. The van der Waals surface area contributed by atoms with Gasteiger partial charge in [-0.25, -0.2) is 5.43 Å². The Morgan fingerprint density at radius 2 is 1.70 bits per heavy atom. The highest BCUT2D eigenvalue weighted by molar-refractivity contribution is 5.88. The third-order valence-corrected chi connectivity index (χ3v) is 5.26. The zero-order valence-electron chi connectivity index (χ0n) is 17.8. The molecule has 0 aliphatic carbocycles. The molecule has 0 aromatic heterocycles. The van der Waals surface area contributed by atoms with E-state index >= 15 is 0 Å². The SMILES string of the molecule is O=C(NN=Cc1cccc(OCc2ccccc2)c1)[C@H]1COc2cc3ccccc3cc2O1. The van der Waals surface area contributed by atoms with Gasteiger partial charge in [0.15, 0.2) is 11.5 Å². The van der Waals surface area contributed by atoms with Gasteiger partial charge in [0.05, 0.1) is 6.21 Å². The van der Waals surface area contributed by atoms with E-state index in [-0.39, 0.29) is 12.5 Å². The molecule has 1 aliphatic heterocycles. The molecule has 164 valence electrons. The fraction of sp³-hybridized carbons (Fsp3) is 0.111. The number of rotatable bonds is 6. The largest absolute Gasteiger partial charge is 0.489 e. The van der Waals surface area contributed by atoms with Crippen LogP contribution in [0.5, 0.6) is 17.2 Å². The Morgan fingerprint density at radius 3 is 2.52 bits per heavy atom. The van der Waals surface area contributed by atoms with Gasteiger partial charge in [-0.2, -0.15) is 5.10 Å². The average molecular weight is 438 g/mol. The Hall–Kier alpha value is -4.32. The second-order valence-electron chi connectivity index (χ2n) is 7.64. The number of nitrogens with zero attached hydrogens (tertiary/aromatic N) is 1. The molecule has 1 amide bonds. The zero-order valence-corrected chi connectivity index (χ0v) is 17.8. The van der Waals surface area contributed by atoms with Gasteiger partial charge in [0.2, 0.25) is 6.10 Å². The Kier molecular flexibility index (Phi) is 5.89. The standard InChI is InChI=1S/C27H22N2O4/c30-27(26-18-32-24-14-21-10-4-5-11-22(21)15-25(24)33-26)29-28-16-20-9-6-12-23(13-20)31-17-19-7-2-1-3-8-19/h1-16,26H,17-18H2,(H,29,30)/t26-/m1/s1. The van der Waals surface area contributed by atoms with E-state index in [4.69, 9.17) is 14.2 Å². The molecule has 0 fully saturated rings. The quantitative estimate of drug-likeness (QED) is 0.350. The zero-order chi connectivity index (χ0) is 22.5. The lowest BCUT2D eigenvalue weighted by Gasteiger charge is -2.25. The molecule has 0 saturated heterocycles. The number of amides is 1. The summed E-state index contributed by atoms with van der Waals surface area (Å²) in [5.74, 6) is 1.53. The number of hydrogen-bond donors (Lipinski definition) is 1. The minimum atomic E-state index is -0.781. The average Bonchev–Trinajstić information content (AvgIpc) is 2.86. The molecule has 0 bridgehead atoms. The third-order valence-electron chi connectivity index (χ3n) is 5.26. The molecule has 4 aromatic rings. The predicted octanol–water partition coefficient (Wildman–Crippen LogP) is 4.71. The molecular weight excluding hydrogens is 416 g/mol. The second kappa shape index (κ2) is 9.44. The molecule has 0 spiro atoms. The van der Waals surface area contributed by atoms with Gasteiger partial charge in [-0.3, -0.25) is 4.79 Å². The summed E-state index contributed by atoms with van der Waals surface area (Å²) in [4.78, 5) is 12.5. The summed E-state index contributed by atoms with van der Waals surface area (Å²) >= 11 is 0. The number of carbonyl (C=O) groups excluding carboxylic acids is 1. The van der Waals surface area contributed by atoms with Crippen LogP contribution in [0.4, 0.5) is 0 Å². The van der Waals surface area contributed by atoms with E-state index in [1.807, 2.05) is 91.0 Å². The van der Waals surface area contributed by atoms with Crippen LogP contribution in [0.3, 0.4) is 0 Å². The van der Waals surface area contributed by atoms with Gasteiger partial charge in [-0.05, 0) is 46.2 Å². The second-order valence-corrected chi connectivity index (χ2v) is 7.64. The van der Waals surface area contributed by atoms with Crippen LogP contribution in [0.15, 0.2) is 96.1 Å². The van der Waals surface area contributed by atoms with Crippen LogP contribution < -0.4 is 19.6 Å². The van der Waals surface area contributed by atoms with E-state index in [0.29, 0.717) is 18.1 Å². The molecule has 6 heteroatoms. The maximum absolute atomic E-state index is 12.5. The first-order chi connectivity index (χ1) is 16.2. The highest BCUT2D eigenvalue weighted by Gasteiger charge is 2.27. The van der Waals surface area contributed by atoms with Crippen molar-refractivity contribution >= 4 is 22.9 Å². The van der Waals surface area contributed by atoms with Crippen LogP contribution in [-0.4, -0.2) is 24.8 Å². The van der Waals surface area contributed by atoms with Crippen LogP contribution in [0.2, 0.25) is 0 Å². The topological polar surface area (TPSA) is 69.2 Å². The summed E-state index contributed by atoms with van der Waals surface area (Å²) in [6.07, 6.45) is 0.787. The maximum Gasteiger partial charge on any atom is 0.284 e. The van der Waals surface area contributed by atoms with E-state index in [9.17, 15) is 4.79 Å². The fourth-order valence-corrected chi connectivity index (χ4v) is 3.55. The third kappa shape index (κ3) is 4.96. The Morgan fingerprint density at radius 1 is 0.939 bits per heavy atom. The predicted molar refractivity (Wildman–Crippen MR) is 127 cm³/mol. The molecule has 1 N–H and O–H groups in total. The molecule has 0 radical (unpaired) electrons. The maximum atomic E-state index is 12.5. The first kappa shape index (κ1) is 20.6. The van der Waals surface area contributed by atoms with Crippen molar-refractivity contribution in [3.8, 4) is 17.2 Å². The lowest BCUT2D eigenvalue weighted by molar-refractivity contribution is -0.130. The minimum absolute atomic E-state index is 0.121. The highest BCUT2D eigenvalue weighted by Crippen LogP contribution is 2.35. The minimum Gasteiger partial charge on any atom is -0.489 e. The van der Waals surface area contributed by atoms with Crippen molar-refractivity contribution in [2.45, 2.75) is 12.7 Å². The smallest absolute Gasteiger partial charge is 0.284 e. The van der Waals surface area contributed by atoms with Gasteiger partial charge in [-0.15, -0.1) is 0 Å². The van der Waals surface area contributed by atoms with Crippen LogP contribution in [0.1, 0.15) is 11.1 Å². The number of fused-ring (bicyclic) bond motifs is 2. The van der Waals surface area contributed by atoms with Crippen molar-refractivity contribution < 1.29 is 19.0 Å². The summed E-state index contributed by atoms with van der Waals surface area (Å²) in [5.41, 5.74) is 4.43. The number of ether oxygens (including phenoxy) is 3. The Balaban J connectivity index is 1.18.